The van der Waals surface area contributed by atoms with Gasteiger partial charge in [0.05, 0.1) is 26.2 Å². The van der Waals surface area contributed by atoms with Crippen LogP contribution >= 0.6 is 24.0 Å². The van der Waals surface area contributed by atoms with E-state index in [-0.39, 0.29) is 42.9 Å². The second kappa shape index (κ2) is 12.3. The number of hydrogen-bond donors (Lipinski definition) is 2. The number of benzene rings is 1. The van der Waals surface area contributed by atoms with Crippen LogP contribution < -0.4 is 20.1 Å². The van der Waals surface area contributed by atoms with E-state index < -0.39 is 12.1 Å². The van der Waals surface area contributed by atoms with E-state index in [4.69, 9.17) is 9.47 Å². The van der Waals surface area contributed by atoms with Gasteiger partial charge in [-0.2, -0.15) is 13.2 Å². The quantitative estimate of drug-likeness (QED) is 0.300. The van der Waals surface area contributed by atoms with Crippen molar-refractivity contribution in [1.29, 1.82) is 0 Å². The molecule has 2 N–H and O–H groups in total. The lowest BCUT2D eigenvalue weighted by molar-refractivity contribution is -0.183. The van der Waals surface area contributed by atoms with Crippen molar-refractivity contribution in [2.45, 2.75) is 58.3 Å². The first-order valence-corrected chi connectivity index (χ1v) is 9.78. The standard InChI is InChI=1S/C20H30F3N3O2.HI/c1-4-24-19(26-16-8-6-7-15(12-16)20(21,22)23)25-13-14-9-10-17(27-3)18(11-14)28-5-2;/h9-11,15-16H,4-8,12-13H2,1-3H3,(H2,24,25,26);1H. The molecule has 0 heterocycles. The Hall–Kier alpha value is -1.39. The number of hydrogen-bond acceptors (Lipinski definition) is 3. The zero-order chi connectivity index (χ0) is 20.6. The number of ether oxygens (including phenoxy) is 2. The fourth-order valence-electron chi connectivity index (χ4n) is 3.39. The average molecular weight is 529 g/mol. The molecule has 0 radical (unpaired) electrons. The summed E-state index contributed by atoms with van der Waals surface area (Å²) in [5.74, 6) is 0.594. The third kappa shape index (κ3) is 8.10. The summed E-state index contributed by atoms with van der Waals surface area (Å²) in [6.07, 6.45) is -2.55. The van der Waals surface area contributed by atoms with Crippen molar-refractivity contribution in [3.8, 4) is 11.5 Å². The van der Waals surface area contributed by atoms with Gasteiger partial charge in [-0.25, -0.2) is 4.99 Å². The van der Waals surface area contributed by atoms with Gasteiger partial charge in [0, 0.05) is 12.6 Å². The second-order valence-corrected chi connectivity index (χ2v) is 6.86. The van der Waals surface area contributed by atoms with E-state index >= 15 is 0 Å². The van der Waals surface area contributed by atoms with Crippen LogP contribution in [0.5, 0.6) is 11.5 Å². The van der Waals surface area contributed by atoms with Crippen molar-refractivity contribution in [3.05, 3.63) is 23.8 Å². The Morgan fingerprint density at radius 3 is 2.59 bits per heavy atom. The molecule has 1 aromatic carbocycles. The lowest BCUT2D eigenvalue weighted by atomic mass is 9.85. The minimum Gasteiger partial charge on any atom is -0.493 e. The van der Waals surface area contributed by atoms with Gasteiger partial charge in [-0.1, -0.05) is 12.5 Å². The molecule has 1 aliphatic rings. The van der Waals surface area contributed by atoms with E-state index in [9.17, 15) is 13.2 Å². The molecule has 5 nitrogen and oxygen atoms in total. The molecule has 166 valence electrons. The molecule has 0 aliphatic heterocycles. The normalized spacial score (nSPS) is 19.9. The van der Waals surface area contributed by atoms with Crippen LogP contribution in [0.1, 0.15) is 45.1 Å². The lowest BCUT2D eigenvalue weighted by Crippen LogP contribution is -2.46. The smallest absolute Gasteiger partial charge is 0.391 e. The molecule has 1 aliphatic carbocycles. The maximum atomic E-state index is 13.0. The maximum absolute atomic E-state index is 13.0. The third-order valence-electron chi connectivity index (χ3n) is 4.77. The summed E-state index contributed by atoms with van der Waals surface area (Å²) in [6, 6.07) is 5.36. The molecule has 1 fully saturated rings. The van der Waals surface area contributed by atoms with Crippen molar-refractivity contribution in [1.82, 2.24) is 10.6 Å². The Morgan fingerprint density at radius 1 is 1.21 bits per heavy atom. The molecule has 29 heavy (non-hydrogen) atoms. The van der Waals surface area contributed by atoms with Gasteiger partial charge in [-0.3, -0.25) is 0 Å². The summed E-state index contributed by atoms with van der Waals surface area (Å²) in [7, 11) is 1.58. The number of nitrogens with one attached hydrogen (secondary N) is 2. The molecule has 0 bridgehead atoms. The first kappa shape index (κ1) is 25.6. The van der Waals surface area contributed by atoms with Crippen LogP contribution in [0.25, 0.3) is 0 Å². The largest absolute Gasteiger partial charge is 0.493 e. The number of alkyl halides is 3. The van der Waals surface area contributed by atoms with Crippen LogP contribution in [-0.4, -0.2) is 38.4 Å². The topological polar surface area (TPSA) is 54.9 Å². The molecular formula is C20H31F3IN3O2. The molecule has 0 saturated heterocycles. The number of rotatable bonds is 7. The monoisotopic (exact) mass is 529 g/mol. The van der Waals surface area contributed by atoms with Crippen LogP contribution in [0.4, 0.5) is 13.2 Å². The van der Waals surface area contributed by atoms with Crippen LogP contribution in [0.15, 0.2) is 23.2 Å². The van der Waals surface area contributed by atoms with Crippen molar-refractivity contribution in [3.63, 3.8) is 0 Å². The molecule has 2 rings (SSSR count). The Labute approximate surface area is 187 Å². The van der Waals surface area contributed by atoms with Gasteiger partial charge in [0.1, 0.15) is 0 Å². The second-order valence-electron chi connectivity index (χ2n) is 6.86. The Kier molecular flexibility index (Phi) is 10.9. The Bertz CT molecular complexity index is 656. The molecule has 1 aromatic rings. The predicted molar refractivity (Wildman–Crippen MR) is 119 cm³/mol. The summed E-state index contributed by atoms with van der Waals surface area (Å²) in [5.41, 5.74) is 0.929. The van der Waals surface area contributed by atoms with E-state index in [2.05, 4.69) is 15.6 Å². The number of guanidine groups is 1. The van der Waals surface area contributed by atoms with E-state index in [1.807, 2.05) is 32.0 Å². The zero-order valence-electron chi connectivity index (χ0n) is 17.1. The summed E-state index contributed by atoms with van der Waals surface area (Å²) < 4.78 is 50.0. The van der Waals surface area contributed by atoms with E-state index in [1.54, 1.807) is 7.11 Å². The highest BCUT2D eigenvalue weighted by Gasteiger charge is 2.42. The Balaban J connectivity index is 0.00000420. The minimum atomic E-state index is -4.13. The lowest BCUT2D eigenvalue weighted by Gasteiger charge is -2.31. The highest BCUT2D eigenvalue weighted by Crippen LogP contribution is 2.37. The average Bonchev–Trinajstić information content (AvgIpc) is 2.66. The minimum absolute atomic E-state index is 0. The fourth-order valence-corrected chi connectivity index (χ4v) is 3.39. The van der Waals surface area contributed by atoms with Crippen LogP contribution in [0, 0.1) is 5.92 Å². The molecule has 2 unspecified atom stereocenters. The summed E-state index contributed by atoms with van der Waals surface area (Å²) in [4.78, 5) is 4.54. The van der Waals surface area contributed by atoms with Gasteiger partial charge in [0.2, 0.25) is 0 Å². The highest BCUT2D eigenvalue weighted by molar-refractivity contribution is 14.0. The van der Waals surface area contributed by atoms with Gasteiger partial charge in [0.15, 0.2) is 17.5 Å². The van der Waals surface area contributed by atoms with Crippen LogP contribution in [-0.2, 0) is 6.54 Å². The summed E-state index contributed by atoms with van der Waals surface area (Å²) in [5, 5.41) is 6.29. The number of aliphatic imine (C=N–C) groups is 1. The van der Waals surface area contributed by atoms with E-state index in [0.29, 0.717) is 50.0 Å². The SMILES string of the molecule is CCNC(=NCc1ccc(OC)c(OCC)c1)NC1CCCC(C(F)(F)F)C1.I. The van der Waals surface area contributed by atoms with Gasteiger partial charge in [-0.05, 0) is 50.8 Å². The number of methoxy groups -OCH3 is 1. The highest BCUT2D eigenvalue weighted by atomic mass is 127. The van der Waals surface area contributed by atoms with Crippen molar-refractivity contribution >= 4 is 29.9 Å². The fraction of sp³-hybridized carbons (Fsp3) is 0.650. The third-order valence-corrected chi connectivity index (χ3v) is 4.77. The van der Waals surface area contributed by atoms with E-state index in [0.717, 1.165) is 5.56 Å². The van der Waals surface area contributed by atoms with Gasteiger partial charge in [0.25, 0.3) is 0 Å². The van der Waals surface area contributed by atoms with E-state index in [1.165, 1.54) is 0 Å². The predicted octanol–water partition coefficient (Wildman–Crippen LogP) is 4.89. The first-order chi connectivity index (χ1) is 13.4. The molecule has 9 heteroatoms. The van der Waals surface area contributed by atoms with Crippen molar-refractivity contribution < 1.29 is 22.6 Å². The maximum Gasteiger partial charge on any atom is 0.391 e. The summed E-state index contributed by atoms with van der Waals surface area (Å²) in [6.45, 7) is 5.37. The summed E-state index contributed by atoms with van der Waals surface area (Å²) >= 11 is 0. The molecule has 0 amide bonds. The molecule has 0 spiro atoms. The van der Waals surface area contributed by atoms with Gasteiger partial charge < -0.3 is 20.1 Å². The number of nitrogens with zero attached hydrogens (tertiary/aromatic N) is 1. The van der Waals surface area contributed by atoms with Crippen LogP contribution in [0.2, 0.25) is 0 Å². The Morgan fingerprint density at radius 2 is 1.97 bits per heavy atom. The zero-order valence-corrected chi connectivity index (χ0v) is 19.5. The molecule has 1 saturated carbocycles. The van der Waals surface area contributed by atoms with Crippen LogP contribution in [0.3, 0.4) is 0 Å². The van der Waals surface area contributed by atoms with Crippen molar-refractivity contribution in [2.24, 2.45) is 10.9 Å². The van der Waals surface area contributed by atoms with Gasteiger partial charge in [-0.15, -0.1) is 24.0 Å². The molecule has 2 atom stereocenters. The molecule has 0 aromatic heterocycles. The number of halogens is 4. The first-order valence-electron chi connectivity index (χ1n) is 9.78. The van der Waals surface area contributed by atoms with Crippen molar-refractivity contribution in [2.75, 3.05) is 20.3 Å². The molecular weight excluding hydrogens is 498 g/mol. The van der Waals surface area contributed by atoms with Gasteiger partial charge >= 0.3 is 6.18 Å².